The predicted octanol–water partition coefficient (Wildman–Crippen LogP) is 5.51. The molecule has 2 unspecified atom stereocenters. The standard InChI is InChI=1S/C21H18ClF3N4O3S/c22-15-4-2-11(21(30)28-13-7-16(23)19(25)17(24)8-13)6-18(15)33(31,32)20-10-1-3-14(20)12(5-10)9-27-29-26/h2,4,6-8,10,12,14,20H,1,3,5,9H2,(H,28,30)/t10?,12-,14?,20-/m1/s1. The fourth-order valence-electron chi connectivity index (χ4n) is 5.08. The Morgan fingerprint density at radius 1 is 1.18 bits per heavy atom. The number of carbonyl (C=O) groups excluding carboxylic acids is 1. The minimum atomic E-state index is -3.93. The van der Waals surface area contributed by atoms with Gasteiger partial charge in [-0.15, -0.1) is 0 Å². The summed E-state index contributed by atoms with van der Waals surface area (Å²) in [6, 6.07) is 4.90. The lowest BCUT2D eigenvalue weighted by atomic mass is 9.89. The molecule has 2 aliphatic carbocycles. The minimum Gasteiger partial charge on any atom is -0.322 e. The summed E-state index contributed by atoms with van der Waals surface area (Å²) in [7, 11) is -3.93. The Balaban J connectivity index is 1.62. The molecule has 7 nitrogen and oxygen atoms in total. The van der Waals surface area contributed by atoms with E-state index in [0.717, 1.165) is 12.5 Å². The van der Waals surface area contributed by atoms with E-state index in [1.807, 2.05) is 0 Å². The highest BCUT2D eigenvalue weighted by Gasteiger charge is 2.54. The topological polar surface area (TPSA) is 112 Å². The maximum Gasteiger partial charge on any atom is 0.255 e. The maximum absolute atomic E-state index is 13.5. The quantitative estimate of drug-likeness (QED) is 0.245. The van der Waals surface area contributed by atoms with E-state index in [2.05, 4.69) is 15.3 Å². The molecule has 4 atom stereocenters. The van der Waals surface area contributed by atoms with E-state index in [4.69, 9.17) is 17.1 Å². The molecule has 0 spiro atoms. The number of halogens is 4. The average molecular weight is 499 g/mol. The Morgan fingerprint density at radius 2 is 1.88 bits per heavy atom. The molecule has 2 aromatic rings. The summed E-state index contributed by atoms with van der Waals surface area (Å²) in [5.74, 6) is -5.77. The second-order valence-electron chi connectivity index (χ2n) is 8.27. The molecule has 2 saturated carbocycles. The summed E-state index contributed by atoms with van der Waals surface area (Å²) in [5.41, 5.74) is 8.17. The third-order valence-corrected chi connectivity index (χ3v) is 9.29. The number of hydrogen-bond donors (Lipinski definition) is 1. The van der Waals surface area contributed by atoms with Crippen molar-refractivity contribution in [3.63, 3.8) is 0 Å². The molecular formula is C21H18ClF3N4O3S. The van der Waals surface area contributed by atoms with Crippen LogP contribution in [0.1, 0.15) is 29.6 Å². The Bertz CT molecular complexity index is 1260. The van der Waals surface area contributed by atoms with E-state index in [1.54, 1.807) is 0 Å². The van der Waals surface area contributed by atoms with E-state index in [-0.39, 0.29) is 45.5 Å². The summed E-state index contributed by atoms with van der Waals surface area (Å²) in [6.07, 6.45) is 2.06. The van der Waals surface area contributed by atoms with Gasteiger partial charge in [0.15, 0.2) is 27.3 Å². The fourth-order valence-corrected chi connectivity index (χ4v) is 8.02. The maximum atomic E-state index is 13.5. The van der Waals surface area contributed by atoms with Crippen LogP contribution >= 0.6 is 11.6 Å². The third kappa shape index (κ3) is 4.28. The van der Waals surface area contributed by atoms with Gasteiger partial charge in [-0.3, -0.25) is 4.79 Å². The lowest BCUT2D eigenvalue weighted by molar-refractivity contribution is 0.102. The number of azide groups is 1. The van der Waals surface area contributed by atoms with Gasteiger partial charge in [0.2, 0.25) is 0 Å². The summed E-state index contributed by atoms with van der Waals surface area (Å²) < 4.78 is 67.1. The van der Waals surface area contributed by atoms with Gasteiger partial charge in [-0.05, 0) is 60.7 Å². The van der Waals surface area contributed by atoms with Crippen molar-refractivity contribution in [3.8, 4) is 0 Å². The monoisotopic (exact) mass is 498 g/mol. The Morgan fingerprint density at radius 3 is 2.55 bits per heavy atom. The van der Waals surface area contributed by atoms with Gasteiger partial charge in [-0.1, -0.05) is 16.7 Å². The number of amides is 1. The molecule has 0 radical (unpaired) electrons. The van der Waals surface area contributed by atoms with Crippen molar-refractivity contribution in [2.45, 2.75) is 29.4 Å². The average Bonchev–Trinajstić information content (AvgIpc) is 3.35. The number of fused-ring (bicyclic) bond motifs is 2. The zero-order valence-corrected chi connectivity index (χ0v) is 18.6. The first-order valence-electron chi connectivity index (χ1n) is 10.1. The van der Waals surface area contributed by atoms with Crippen LogP contribution < -0.4 is 5.32 Å². The summed E-state index contributed by atoms with van der Waals surface area (Å²) in [5, 5.41) is 5.08. The number of benzene rings is 2. The van der Waals surface area contributed by atoms with Crippen molar-refractivity contribution in [3.05, 3.63) is 68.8 Å². The van der Waals surface area contributed by atoms with Gasteiger partial charge >= 0.3 is 0 Å². The van der Waals surface area contributed by atoms with Gasteiger partial charge in [0.05, 0.1) is 15.2 Å². The number of sulfone groups is 1. The Labute approximate surface area is 192 Å². The highest BCUT2D eigenvalue weighted by molar-refractivity contribution is 7.92. The molecular weight excluding hydrogens is 481 g/mol. The number of rotatable bonds is 6. The van der Waals surface area contributed by atoms with Crippen molar-refractivity contribution in [2.75, 3.05) is 11.9 Å². The van der Waals surface area contributed by atoms with Crippen LogP contribution in [0.5, 0.6) is 0 Å². The second kappa shape index (κ2) is 8.89. The lowest BCUT2D eigenvalue weighted by Crippen LogP contribution is -2.28. The van der Waals surface area contributed by atoms with Crippen LogP contribution in [0.25, 0.3) is 10.4 Å². The number of anilines is 1. The van der Waals surface area contributed by atoms with E-state index in [0.29, 0.717) is 25.0 Å². The molecule has 33 heavy (non-hydrogen) atoms. The zero-order valence-electron chi connectivity index (χ0n) is 17.0. The molecule has 2 aromatic carbocycles. The molecule has 2 fully saturated rings. The van der Waals surface area contributed by atoms with Gasteiger partial charge in [0, 0.05) is 34.8 Å². The van der Waals surface area contributed by atoms with E-state index in [9.17, 15) is 26.4 Å². The minimum absolute atomic E-state index is 0.0343. The number of hydrogen-bond acceptors (Lipinski definition) is 4. The summed E-state index contributed by atoms with van der Waals surface area (Å²) in [6.45, 7) is 0.227. The molecule has 4 rings (SSSR count). The number of carbonyl (C=O) groups is 1. The van der Waals surface area contributed by atoms with Crippen LogP contribution in [0.3, 0.4) is 0 Å². The Hall–Kier alpha value is -2.75. The van der Waals surface area contributed by atoms with E-state index < -0.39 is 38.4 Å². The number of nitrogens with one attached hydrogen (secondary N) is 1. The summed E-state index contributed by atoms with van der Waals surface area (Å²) in [4.78, 5) is 15.2. The van der Waals surface area contributed by atoms with Crippen LogP contribution in [-0.2, 0) is 9.84 Å². The molecule has 1 N–H and O–H groups in total. The molecule has 174 valence electrons. The smallest absolute Gasteiger partial charge is 0.255 e. The van der Waals surface area contributed by atoms with Crippen LogP contribution in [-0.4, -0.2) is 26.1 Å². The normalized spacial score (nSPS) is 23.9. The van der Waals surface area contributed by atoms with Crippen LogP contribution in [0.2, 0.25) is 5.02 Å². The molecule has 0 aliphatic heterocycles. The zero-order chi connectivity index (χ0) is 23.9. The molecule has 2 aliphatic rings. The van der Waals surface area contributed by atoms with Crippen LogP contribution in [0.15, 0.2) is 40.3 Å². The highest BCUT2D eigenvalue weighted by Crippen LogP contribution is 2.53. The second-order valence-corrected chi connectivity index (χ2v) is 10.8. The van der Waals surface area contributed by atoms with Gasteiger partial charge in [0.1, 0.15) is 0 Å². The van der Waals surface area contributed by atoms with Gasteiger partial charge < -0.3 is 5.32 Å². The third-order valence-electron chi connectivity index (χ3n) is 6.45. The summed E-state index contributed by atoms with van der Waals surface area (Å²) >= 11 is 6.20. The lowest BCUT2D eigenvalue weighted by Gasteiger charge is -2.21. The Kier molecular flexibility index (Phi) is 6.30. The molecule has 1 amide bonds. The number of nitrogens with zero attached hydrogens (tertiary/aromatic N) is 3. The molecule has 2 bridgehead atoms. The van der Waals surface area contributed by atoms with Crippen molar-refractivity contribution >= 4 is 33.0 Å². The van der Waals surface area contributed by atoms with Crippen molar-refractivity contribution < 1.29 is 26.4 Å². The first-order chi connectivity index (χ1) is 15.6. The highest BCUT2D eigenvalue weighted by atomic mass is 35.5. The molecule has 12 heteroatoms. The van der Waals surface area contributed by atoms with Crippen LogP contribution in [0, 0.1) is 35.2 Å². The molecule has 0 heterocycles. The molecule has 0 saturated heterocycles. The van der Waals surface area contributed by atoms with E-state index >= 15 is 0 Å². The first kappa shape index (κ1) is 23.4. The van der Waals surface area contributed by atoms with Crippen molar-refractivity contribution in [2.24, 2.45) is 22.9 Å². The van der Waals surface area contributed by atoms with Crippen molar-refractivity contribution in [1.82, 2.24) is 0 Å². The fraction of sp³-hybridized carbons (Fsp3) is 0.381. The van der Waals surface area contributed by atoms with E-state index in [1.165, 1.54) is 12.1 Å². The van der Waals surface area contributed by atoms with Gasteiger partial charge in [0.25, 0.3) is 5.91 Å². The molecule has 0 aromatic heterocycles. The van der Waals surface area contributed by atoms with Gasteiger partial charge in [-0.2, -0.15) is 0 Å². The van der Waals surface area contributed by atoms with Gasteiger partial charge in [-0.25, -0.2) is 21.6 Å². The predicted molar refractivity (Wildman–Crippen MR) is 115 cm³/mol. The SMILES string of the molecule is [N-]=[N+]=NC[C@H]1CC2CCC1[C@@H]2S(=O)(=O)c1cc(C(=O)Nc2cc(F)c(F)c(F)c2)ccc1Cl. The van der Waals surface area contributed by atoms with Crippen molar-refractivity contribution in [1.29, 1.82) is 0 Å². The largest absolute Gasteiger partial charge is 0.322 e. The van der Waals surface area contributed by atoms with Crippen LogP contribution in [0.4, 0.5) is 18.9 Å². The first-order valence-corrected chi connectivity index (χ1v) is 12.1.